The third-order valence-corrected chi connectivity index (χ3v) is 3.37. The average molecular weight is 299 g/mol. The van der Waals surface area contributed by atoms with Gasteiger partial charge in [-0.1, -0.05) is 6.92 Å². The maximum atomic E-state index is 12.3. The molecule has 1 aliphatic heterocycles. The van der Waals surface area contributed by atoms with Crippen molar-refractivity contribution < 1.29 is 9.53 Å². The Morgan fingerprint density at radius 1 is 1.71 bits per heavy atom. The van der Waals surface area contributed by atoms with Crippen molar-refractivity contribution in [3.05, 3.63) is 28.5 Å². The quantitative estimate of drug-likeness (QED) is 0.785. The second-order valence-electron chi connectivity index (χ2n) is 4.00. The fourth-order valence-corrected chi connectivity index (χ4v) is 2.33. The van der Waals surface area contributed by atoms with Gasteiger partial charge < -0.3 is 9.64 Å². The van der Waals surface area contributed by atoms with Gasteiger partial charge in [0.2, 0.25) is 0 Å². The molecule has 92 valence electrons. The lowest BCUT2D eigenvalue weighted by Crippen LogP contribution is -2.48. The van der Waals surface area contributed by atoms with Crippen molar-refractivity contribution >= 4 is 21.8 Å². The summed E-state index contributed by atoms with van der Waals surface area (Å²) >= 11 is 3.28. The van der Waals surface area contributed by atoms with Crippen LogP contribution >= 0.6 is 15.9 Å². The van der Waals surface area contributed by atoms with Crippen LogP contribution in [0, 0.1) is 0 Å². The predicted molar refractivity (Wildman–Crippen MR) is 67.9 cm³/mol. The van der Waals surface area contributed by atoms with Crippen molar-refractivity contribution in [3.8, 4) is 0 Å². The average Bonchev–Trinajstić information content (AvgIpc) is 2.38. The Morgan fingerprint density at radius 3 is 3.24 bits per heavy atom. The van der Waals surface area contributed by atoms with Gasteiger partial charge in [-0.2, -0.15) is 0 Å². The van der Waals surface area contributed by atoms with Crippen molar-refractivity contribution in [2.75, 3.05) is 19.8 Å². The van der Waals surface area contributed by atoms with Gasteiger partial charge in [0.05, 0.1) is 19.3 Å². The molecule has 1 atom stereocenters. The van der Waals surface area contributed by atoms with E-state index in [-0.39, 0.29) is 11.9 Å². The van der Waals surface area contributed by atoms with Crippen LogP contribution in [-0.2, 0) is 4.74 Å². The summed E-state index contributed by atoms with van der Waals surface area (Å²) in [5.41, 5.74) is 0.673. The fourth-order valence-electron chi connectivity index (χ4n) is 1.96. The standard InChI is InChI=1S/C12H15BrN2O2/c1-2-10-8-17-6-5-15(10)12(16)9-3-4-14-11(13)7-9/h3-4,7,10H,2,5-6,8H2,1H3. The first-order valence-corrected chi connectivity index (χ1v) is 6.52. The van der Waals surface area contributed by atoms with Crippen LogP contribution in [0.4, 0.5) is 0 Å². The van der Waals surface area contributed by atoms with E-state index in [0.29, 0.717) is 29.9 Å². The number of halogens is 1. The van der Waals surface area contributed by atoms with Crippen molar-refractivity contribution in [1.82, 2.24) is 9.88 Å². The Hall–Kier alpha value is -0.940. The van der Waals surface area contributed by atoms with Crippen LogP contribution in [0.15, 0.2) is 22.9 Å². The van der Waals surface area contributed by atoms with Gasteiger partial charge >= 0.3 is 0 Å². The van der Waals surface area contributed by atoms with Gasteiger partial charge in [0, 0.05) is 18.3 Å². The zero-order valence-electron chi connectivity index (χ0n) is 9.73. The zero-order valence-corrected chi connectivity index (χ0v) is 11.3. The first-order chi connectivity index (χ1) is 8.22. The molecule has 0 spiro atoms. The molecule has 1 aromatic rings. The maximum absolute atomic E-state index is 12.3. The molecule has 0 N–H and O–H groups in total. The number of hydrogen-bond donors (Lipinski definition) is 0. The molecule has 5 heteroatoms. The molecule has 17 heavy (non-hydrogen) atoms. The van der Waals surface area contributed by atoms with E-state index in [1.54, 1.807) is 18.3 Å². The fraction of sp³-hybridized carbons (Fsp3) is 0.500. The molecule has 1 fully saturated rings. The van der Waals surface area contributed by atoms with Crippen LogP contribution in [0.3, 0.4) is 0 Å². The molecule has 4 nitrogen and oxygen atoms in total. The number of ether oxygens (including phenoxy) is 1. The molecule has 1 aliphatic rings. The van der Waals surface area contributed by atoms with E-state index in [1.807, 2.05) is 4.90 Å². The summed E-state index contributed by atoms with van der Waals surface area (Å²) in [6.07, 6.45) is 2.55. The minimum atomic E-state index is 0.0586. The smallest absolute Gasteiger partial charge is 0.254 e. The highest BCUT2D eigenvalue weighted by atomic mass is 79.9. The number of carbonyl (C=O) groups is 1. The first-order valence-electron chi connectivity index (χ1n) is 5.72. The summed E-state index contributed by atoms with van der Waals surface area (Å²) in [5.74, 6) is 0.0586. The number of nitrogens with zero attached hydrogens (tertiary/aromatic N) is 2. The van der Waals surface area contributed by atoms with Crippen molar-refractivity contribution in [1.29, 1.82) is 0 Å². The molecule has 1 saturated heterocycles. The molecular formula is C12H15BrN2O2. The van der Waals surface area contributed by atoms with E-state index < -0.39 is 0 Å². The third-order valence-electron chi connectivity index (χ3n) is 2.93. The Bertz CT molecular complexity index is 411. The second-order valence-corrected chi connectivity index (χ2v) is 4.82. The van der Waals surface area contributed by atoms with Crippen LogP contribution in [0.1, 0.15) is 23.7 Å². The van der Waals surface area contributed by atoms with E-state index in [0.717, 1.165) is 6.42 Å². The van der Waals surface area contributed by atoms with Crippen LogP contribution < -0.4 is 0 Å². The van der Waals surface area contributed by atoms with Gasteiger partial charge in [0.15, 0.2) is 0 Å². The highest BCUT2D eigenvalue weighted by molar-refractivity contribution is 9.10. The van der Waals surface area contributed by atoms with Gasteiger partial charge in [-0.25, -0.2) is 4.98 Å². The number of rotatable bonds is 2. The number of hydrogen-bond acceptors (Lipinski definition) is 3. The summed E-state index contributed by atoms with van der Waals surface area (Å²) in [4.78, 5) is 18.3. The Balaban J connectivity index is 2.18. The minimum Gasteiger partial charge on any atom is -0.377 e. The van der Waals surface area contributed by atoms with Crippen LogP contribution in [0.5, 0.6) is 0 Å². The number of pyridine rings is 1. The monoisotopic (exact) mass is 298 g/mol. The normalized spacial score (nSPS) is 20.4. The largest absolute Gasteiger partial charge is 0.377 e. The van der Waals surface area contributed by atoms with Crippen LogP contribution in [-0.4, -0.2) is 41.6 Å². The second kappa shape index (κ2) is 5.60. The van der Waals surface area contributed by atoms with Gasteiger partial charge in [-0.05, 0) is 34.5 Å². The molecule has 1 unspecified atom stereocenters. The third kappa shape index (κ3) is 2.84. The molecule has 1 amide bonds. The lowest BCUT2D eigenvalue weighted by atomic mass is 10.1. The summed E-state index contributed by atoms with van der Waals surface area (Å²) in [5, 5.41) is 0. The number of carbonyl (C=O) groups excluding carboxylic acids is 1. The van der Waals surface area contributed by atoms with Crippen LogP contribution in [0.2, 0.25) is 0 Å². The van der Waals surface area contributed by atoms with E-state index in [4.69, 9.17) is 4.74 Å². The lowest BCUT2D eigenvalue weighted by molar-refractivity contribution is -0.00280. The number of morpholine rings is 1. The Kier molecular flexibility index (Phi) is 4.12. The Labute approximate surface area is 109 Å². The molecule has 0 radical (unpaired) electrons. The summed E-state index contributed by atoms with van der Waals surface area (Å²) in [6, 6.07) is 3.68. The molecule has 2 heterocycles. The molecule has 0 aliphatic carbocycles. The molecule has 0 aromatic carbocycles. The highest BCUT2D eigenvalue weighted by Crippen LogP contribution is 2.16. The van der Waals surface area contributed by atoms with Gasteiger partial charge in [-0.3, -0.25) is 4.79 Å². The molecule has 1 aromatic heterocycles. The molecule has 0 saturated carbocycles. The van der Waals surface area contributed by atoms with E-state index in [1.165, 1.54) is 0 Å². The minimum absolute atomic E-state index is 0.0586. The zero-order chi connectivity index (χ0) is 12.3. The van der Waals surface area contributed by atoms with Crippen LogP contribution in [0.25, 0.3) is 0 Å². The highest BCUT2D eigenvalue weighted by Gasteiger charge is 2.26. The van der Waals surface area contributed by atoms with E-state index in [9.17, 15) is 4.79 Å². The number of aromatic nitrogens is 1. The SMILES string of the molecule is CCC1COCCN1C(=O)c1ccnc(Br)c1. The van der Waals surface area contributed by atoms with E-state index >= 15 is 0 Å². The van der Waals surface area contributed by atoms with Crippen molar-refractivity contribution in [3.63, 3.8) is 0 Å². The summed E-state index contributed by atoms with van der Waals surface area (Å²) < 4.78 is 6.08. The maximum Gasteiger partial charge on any atom is 0.254 e. The lowest BCUT2D eigenvalue weighted by Gasteiger charge is -2.35. The molecule has 0 bridgehead atoms. The van der Waals surface area contributed by atoms with Gasteiger partial charge in [-0.15, -0.1) is 0 Å². The Morgan fingerprint density at radius 2 is 2.53 bits per heavy atom. The van der Waals surface area contributed by atoms with Crippen molar-refractivity contribution in [2.45, 2.75) is 19.4 Å². The van der Waals surface area contributed by atoms with E-state index in [2.05, 4.69) is 27.8 Å². The summed E-state index contributed by atoms with van der Waals surface area (Å²) in [6.45, 7) is 3.99. The first kappa shape index (κ1) is 12.5. The summed E-state index contributed by atoms with van der Waals surface area (Å²) in [7, 11) is 0. The topological polar surface area (TPSA) is 42.4 Å². The van der Waals surface area contributed by atoms with Gasteiger partial charge in [0.25, 0.3) is 5.91 Å². The molecule has 2 rings (SSSR count). The van der Waals surface area contributed by atoms with Gasteiger partial charge in [0.1, 0.15) is 4.60 Å². The van der Waals surface area contributed by atoms with Crippen molar-refractivity contribution in [2.24, 2.45) is 0 Å². The number of amides is 1. The predicted octanol–water partition coefficient (Wildman–Crippen LogP) is 2.10. The molecular weight excluding hydrogens is 284 g/mol.